The van der Waals surface area contributed by atoms with Gasteiger partial charge in [-0.3, -0.25) is 4.79 Å². The van der Waals surface area contributed by atoms with E-state index in [1.54, 1.807) is 21.3 Å². The maximum atomic E-state index is 11.3. The van der Waals surface area contributed by atoms with Crippen LogP contribution in [0.5, 0.6) is 11.5 Å². The average molecular weight is 275 g/mol. The zero-order chi connectivity index (χ0) is 12.7. The number of carbonyl (C=O) groups excluding carboxylic acids is 1. The highest BCUT2D eigenvalue weighted by Gasteiger charge is 2.05. The van der Waals surface area contributed by atoms with Gasteiger partial charge in [-0.25, -0.2) is 0 Å². The summed E-state index contributed by atoms with van der Waals surface area (Å²) in [6.45, 7) is 0.786. The second-order valence-electron chi connectivity index (χ2n) is 3.50. The standard InChI is InChI=1S/C12H18N2O3.ClH/c1-13-8-12(15)14-7-9-4-5-10(16-2)11(6-9)17-3;/h4-6,13H,7-8H2,1-3H3,(H,14,15);1H. The maximum absolute atomic E-state index is 11.3. The quantitative estimate of drug-likeness (QED) is 0.811. The van der Waals surface area contributed by atoms with Crippen LogP contribution in [0.1, 0.15) is 5.56 Å². The molecular weight excluding hydrogens is 256 g/mol. The van der Waals surface area contributed by atoms with Crippen molar-refractivity contribution in [1.29, 1.82) is 0 Å². The molecular formula is C12H19ClN2O3. The molecule has 5 nitrogen and oxygen atoms in total. The topological polar surface area (TPSA) is 59.6 Å². The van der Waals surface area contributed by atoms with E-state index < -0.39 is 0 Å². The van der Waals surface area contributed by atoms with Gasteiger partial charge in [0.2, 0.25) is 5.91 Å². The number of amides is 1. The van der Waals surface area contributed by atoms with Gasteiger partial charge in [-0.1, -0.05) is 6.07 Å². The third-order valence-corrected chi connectivity index (χ3v) is 2.27. The van der Waals surface area contributed by atoms with E-state index >= 15 is 0 Å². The van der Waals surface area contributed by atoms with Gasteiger partial charge in [-0.2, -0.15) is 0 Å². The Hall–Kier alpha value is -1.46. The van der Waals surface area contributed by atoms with E-state index in [1.165, 1.54) is 0 Å². The minimum absolute atomic E-state index is 0. The Morgan fingerprint density at radius 2 is 1.89 bits per heavy atom. The number of hydrogen-bond acceptors (Lipinski definition) is 4. The highest BCUT2D eigenvalue weighted by atomic mass is 35.5. The zero-order valence-corrected chi connectivity index (χ0v) is 11.6. The van der Waals surface area contributed by atoms with Gasteiger partial charge >= 0.3 is 0 Å². The number of likely N-dealkylation sites (N-methyl/N-ethyl adjacent to an activating group) is 1. The number of rotatable bonds is 6. The van der Waals surface area contributed by atoms with Crippen molar-refractivity contribution in [2.24, 2.45) is 0 Å². The van der Waals surface area contributed by atoms with Crippen LogP contribution in [0.25, 0.3) is 0 Å². The lowest BCUT2D eigenvalue weighted by atomic mass is 10.2. The monoisotopic (exact) mass is 274 g/mol. The van der Waals surface area contributed by atoms with Crippen LogP contribution in [0.15, 0.2) is 18.2 Å². The Morgan fingerprint density at radius 3 is 2.44 bits per heavy atom. The Bertz CT molecular complexity index is 386. The first kappa shape index (κ1) is 16.5. The zero-order valence-electron chi connectivity index (χ0n) is 10.8. The van der Waals surface area contributed by atoms with Crippen molar-refractivity contribution < 1.29 is 14.3 Å². The van der Waals surface area contributed by atoms with Gasteiger partial charge in [0.05, 0.1) is 20.8 Å². The largest absolute Gasteiger partial charge is 0.493 e. The lowest BCUT2D eigenvalue weighted by molar-refractivity contribution is -0.120. The Kier molecular flexibility index (Phi) is 7.91. The molecule has 0 atom stereocenters. The summed E-state index contributed by atoms with van der Waals surface area (Å²) in [5.74, 6) is 1.30. The number of hydrogen-bond donors (Lipinski definition) is 2. The molecule has 0 aliphatic rings. The maximum Gasteiger partial charge on any atom is 0.234 e. The number of nitrogens with one attached hydrogen (secondary N) is 2. The van der Waals surface area contributed by atoms with Crippen LogP contribution < -0.4 is 20.1 Å². The SMILES string of the molecule is CNCC(=O)NCc1ccc(OC)c(OC)c1.Cl. The highest BCUT2D eigenvalue weighted by Crippen LogP contribution is 2.27. The van der Waals surface area contributed by atoms with Crippen LogP contribution in [-0.2, 0) is 11.3 Å². The molecule has 0 aromatic heterocycles. The Morgan fingerprint density at radius 1 is 1.22 bits per heavy atom. The van der Waals surface area contributed by atoms with Gasteiger partial charge in [-0.15, -0.1) is 12.4 Å². The van der Waals surface area contributed by atoms with E-state index in [9.17, 15) is 4.79 Å². The molecule has 1 rings (SSSR count). The third-order valence-electron chi connectivity index (χ3n) is 2.27. The van der Waals surface area contributed by atoms with Gasteiger partial charge < -0.3 is 20.1 Å². The molecule has 1 amide bonds. The average Bonchev–Trinajstić information content (AvgIpc) is 2.36. The molecule has 0 aliphatic carbocycles. The van der Waals surface area contributed by atoms with Crippen molar-refractivity contribution in [3.05, 3.63) is 23.8 Å². The van der Waals surface area contributed by atoms with E-state index in [1.807, 2.05) is 18.2 Å². The Labute approximate surface area is 113 Å². The fourth-order valence-corrected chi connectivity index (χ4v) is 1.41. The first-order valence-corrected chi connectivity index (χ1v) is 5.33. The van der Waals surface area contributed by atoms with Gasteiger partial charge in [-0.05, 0) is 24.7 Å². The van der Waals surface area contributed by atoms with E-state index in [-0.39, 0.29) is 18.3 Å². The second-order valence-corrected chi connectivity index (χ2v) is 3.50. The van der Waals surface area contributed by atoms with Crippen LogP contribution in [0.3, 0.4) is 0 Å². The molecule has 2 N–H and O–H groups in total. The van der Waals surface area contributed by atoms with Crippen LogP contribution in [-0.4, -0.2) is 33.7 Å². The van der Waals surface area contributed by atoms with E-state index in [2.05, 4.69) is 10.6 Å². The fourth-order valence-electron chi connectivity index (χ4n) is 1.41. The van der Waals surface area contributed by atoms with Gasteiger partial charge in [0.1, 0.15) is 0 Å². The minimum atomic E-state index is -0.0396. The number of carbonyl (C=O) groups is 1. The number of methoxy groups -OCH3 is 2. The molecule has 1 aromatic rings. The van der Waals surface area contributed by atoms with Crippen molar-refractivity contribution in [2.75, 3.05) is 27.8 Å². The van der Waals surface area contributed by atoms with Gasteiger partial charge in [0.15, 0.2) is 11.5 Å². The summed E-state index contributed by atoms with van der Waals surface area (Å²) in [7, 11) is 4.91. The molecule has 18 heavy (non-hydrogen) atoms. The molecule has 0 saturated carbocycles. The summed E-state index contributed by atoms with van der Waals surface area (Å²) in [4.78, 5) is 11.3. The molecule has 6 heteroatoms. The fraction of sp³-hybridized carbons (Fsp3) is 0.417. The predicted octanol–water partition coefficient (Wildman–Crippen LogP) is 0.961. The smallest absolute Gasteiger partial charge is 0.234 e. The number of benzene rings is 1. The van der Waals surface area contributed by atoms with Crippen molar-refractivity contribution in [3.63, 3.8) is 0 Å². The van der Waals surface area contributed by atoms with Crippen molar-refractivity contribution in [2.45, 2.75) is 6.54 Å². The van der Waals surface area contributed by atoms with Crippen LogP contribution >= 0.6 is 12.4 Å². The minimum Gasteiger partial charge on any atom is -0.493 e. The predicted molar refractivity (Wildman–Crippen MR) is 72.6 cm³/mol. The van der Waals surface area contributed by atoms with Crippen LogP contribution in [0, 0.1) is 0 Å². The molecule has 0 fully saturated rings. The summed E-state index contributed by atoms with van der Waals surface area (Å²) in [6.07, 6.45) is 0. The molecule has 0 radical (unpaired) electrons. The lowest BCUT2D eigenvalue weighted by Gasteiger charge is -2.10. The number of ether oxygens (including phenoxy) is 2. The van der Waals surface area contributed by atoms with E-state index in [4.69, 9.17) is 9.47 Å². The third kappa shape index (κ3) is 4.81. The highest BCUT2D eigenvalue weighted by molar-refractivity contribution is 5.85. The summed E-state index contributed by atoms with van der Waals surface area (Å²) in [5.41, 5.74) is 0.965. The van der Waals surface area contributed by atoms with Crippen molar-refractivity contribution >= 4 is 18.3 Å². The molecule has 0 saturated heterocycles. The normalized spacial score (nSPS) is 9.28. The summed E-state index contributed by atoms with van der Waals surface area (Å²) in [5, 5.41) is 5.58. The first-order chi connectivity index (χ1) is 8.21. The molecule has 0 spiro atoms. The van der Waals surface area contributed by atoms with Gasteiger partial charge in [0.25, 0.3) is 0 Å². The molecule has 1 aromatic carbocycles. The van der Waals surface area contributed by atoms with Crippen LogP contribution in [0.2, 0.25) is 0 Å². The molecule has 0 heterocycles. The lowest BCUT2D eigenvalue weighted by Crippen LogP contribution is -2.31. The molecule has 0 unspecified atom stereocenters. The summed E-state index contributed by atoms with van der Waals surface area (Å²) in [6, 6.07) is 5.55. The van der Waals surface area contributed by atoms with Crippen molar-refractivity contribution in [3.8, 4) is 11.5 Å². The summed E-state index contributed by atoms with van der Waals surface area (Å²) >= 11 is 0. The summed E-state index contributed by atoms with van der Waals surface area (Å²) < 4.78 is 10.3. The number of halogens is 1. The van der Waals surface area contributed by atoms with Crippen LogP contribution in [0.4, 0.5) is 0 Å². The molecule has 0 bridgehead atoms. The van der Waals surface area contributed by atoms with Crippen molar-refractivity contribution in [1.82, 2.24) is 10.6 Å². The van der Waals surface area contributed by atoms with E-state index in [0.717, 1.165) is 5.56 Å². The Balaban J connectivity index is 0.00000289. The molecule has 0 aliphatic heterocycles. The first-order valence-electron chi connectivity index (χ1n) is 5.33. The van der Waals surface area contributed by atoms with Gasteiger partial charge in [0, 0.05) is 6.54 Å². The second kappa shape index (κ2) is 8.60. The van der Waals surface area contributed by atoms with E-state index in [0.29, 0.717) is 24.6 Å². The molecule has 102 valence electrons.